The van der Waals surface area contributed by atoms with Crippen LogP contribution in [0.15, 0.2) is 24.3 Å². The average Bonchev–Trinajstić information content (AvgIpc) is 2.49. The summed E-state index contributed by atoms with van der Waals surface area (Å²) < 4.78 is 0. The van der Waals surface area contributed by atoms with Crippen LogP contribution >= 0.6 is 0 Å². The Balaban J connectivity index is 1.93. The second-order valence-corrected chi connectivity index (χ2v) is 8.43. The van der Waals surface area contributed by atoms with Gasteiger partial charge in [-0.1, -0.05) is 33.3 Å². The zero-order valence-electron chi connectivity index (χ0n) is 14.2. The van der Waals surface area contributed by atoms with Gasteiger partial charge < -0.3 is 0 Å². The molecule has 1 fully saturated rings. The zero-order valence-corrected chi connectivity index (χ0v) is 14.2. The number of hydrogen-bond acceptors (Lipinski definition) is 2. The molecule has 1 saturated carbocycles. The summed E-state index contributed by atoms with van der Waals surface area (Å²) in [5.74, 6) is 0.631. The third kappa shape index (κ3) is 1.93. The fourth-order valence-electron chi connectivity index (χ4n) is 5.70. The average molecular weight is 308 g/mol. The van der Waals surface area contributed by atoms with E-state index in [1.807, 2.05) is 6.07 Å². The first-order chi connectivity index (χ1) is 10.8. The highest BCUT2D eigenvalue weighted by atomic mass is 16.1. The molecule has 0 unspecified atom stereocenters. The SMILES string of the molecule is CC1(C)CCC[C@]2(C)c3ccc4c(c3CC[C@@H]12)C(=O)C=CC4=O. The van der Waals surface area contributed by atoms with Crippen molar-refractivity contribution >= 4 is 11.6 Å². The Hall–Kier alpha value is -1.70. The molecule has 0 aliphatic heterocycles. The van der Waals surface area contributed by atoms with Crippen molar-refractivity contribution < 1.29 is 9.59 Å². The molecule has 0 radical (unpaired) electrons. The van der Waals surface area contributed by atoms with Gasteiger partial charge >= 0.3 is 0 Å². The van der Waals surface area contributed by atoms with Gasteiger partial charge in [0.25, 0.3) is 0 Å². The van der Waals surface area contributed by atoms with E-state index in [-0.39, 0.29) is 17.0 Å². The summed E-state index contributed by atoms with van der Waals surface area (Å²) in [7, 11) is 0. The standard InChI is InChI=1S/C21H24O2/c1-20(2)11-4-12-21(3)15-7-5-14-16(22)8-9-17(23)19(14)13(15)6-10-18(20)21/h5,7-9,18H,4,6,10-12H2,1-3H3/t18-,21+/m0/s1. The molecule has 2 nitrogen and oxygen atoms in total. The van der Waals surface area contributed by atoms with Gasteiger partial charge in [-0.05, 0) is 71.8 Å². The summed E-state index contributed by atoms with van der Waals surface area (Å²) in [5, 5.41) is 0. The van der Waals surface area contributed by atoms with E-state index in [4.69, 9.17) is 0 Å². The number of hydrogen-bond donors (Lipinski definition) is 0. The van der Waals surface area contributed by atoms with Crippen LogP contribution < -0.4 is 0 Å². The Labute approximate surface area is 138 Å². The highest BCUT2D eigenvalue weighted by Gasteiger charge is 2.50. The van der Waals surface area contributed by atoms with Crippen molar-refractivity contribution in [2.45, 2.75) is 58.3 Å². The van der Waals surface area contributed by atoms with Gasteiger partial charge in [-0.3, -0.25) is 9.59 Å². The van der Waals surface area contributed by atoms with Gasteiger partial charge in [-0.25, -0.2) is 0 Å². The predicted molar refractivity (Wildman–Crippen MR) is 91.0 cm³/mol. The van der Waals surface area contributed by atoms with Crippen molar-refractivity contribution in [1.82, 2.24) is 0 Å². The third-order valence-electron chi connectivity index (χ3n) is 6.74. The van der Waals surface area contributed by atoms with Gasteiger partial charge in [0.15, 0.2) is 11.6 Å². The van der Waals surface area contributed by atoms with E-state index in [9.17, 15) is 9.59 Å². The molecule has 4 rings (SSSR count). The summed E-state index contributed by atoms with van der Waals surface area (Å²) in [4.78, 5) is 24.6. The zero-order chi connectivity index (χ0) is 16.4. The maximum absolute atomic E-state index is 12.5. The lowest BCUT2D eigenvalue weighted by molar-refractivity contribution is 0.0405. The van der Waals surface area contributed by atoms with Crippen molar-refractivity contribution in [3.63, 3.8) is 0 Å². The second kappa shape index (κ2) is 4.66. The van der Waals surface area contributed by atoms with Crippen molar-refractivity contribution in [3.05, 3.63) is 46.5 Å². The number of allylic oxidation sites excluding steroid dienone is 2. The molecule has 2 atom stereocenters. The molecule has 3 aliphatic rings. The Morgan fingerprint density at radius 3 is 2.52 bits per heavy atom. The maximum atomic E-state index is 12.5. The van der Waals surface area contributed by atoms with Crippen LogP contribution in [0.25, 0.3) is 0 Å². The Morgan fingerprint density at radius 2 is 1.74 bits per heavy atom. The van der Waals surface area contributed by atoms with E-state index in [2.05, 4.69) is 26.8 Å². The van der Waals surface area contributed by atoms with Crippen LogP contribution in [0.5, 0.6) is 0 Å². The van der Waals surface area contributed by atoms with Gasteiger partial charge in [-0.2, -0.15) is 0 Å². The van der Waals surface area contributed by atoms with E-state index in [1.165, 1.54) is 37.0 Å². The molecule has 3 aliphatic carbocycles. The number of ketones is 2. The largest absolute Gasteiger partial charge is 0.289 e. The number of carbonyl (C=O) groups excluding carboxylic acids is 2. The first-order valence-corrected chi connectivity index (χ1v) is 8.78. The van der Waals surface area contributed by atoms with Gasteiger partial charge in [0.1, 0.15) is 0 Å². The van der Waals surface area contributed by atoms with Crippen molar-refractivity contribution in [3.8, 4) is 0 Å². The van der Waals surface area contributed by atoms with E-state index in [1.54, 1.807) is 0 Å². The second-order valence-electron chi connectivity index (χ2n) is 8.43. The maximum Gasteiger partial charge on any atom is 0.187 e. The molecule has 0 heterocycles. The minimum atomic E-state index is -0.0290. The molecule has 23 heavy (non-hydrogen) atoms. The van der Waals surface area contributed by atoms with E-state index >= 15 is 0 Å². The van der Waals surface area contributed by atoms with E-state index in [0.29, 0.717) is 22.5 Å². The summed E-state index contributed by atoms with van der Waals surface area (Å²) in [6, 6.07) is 4.04. The molecule has 0 N–H and O–H groups in total. The quantitative estimate of drug-likeness (QED) is 0.699. The number of benzene rings is 1. The molecule has 2 heteroatoms. The monoisotopic (exact) mass is 308 g/mol. The van der Waals surface area contributed by atoms with Gasteiger partial charge in [0.2, 0.25) is 0 Å². The Kier molecular flexibility index (Phi) is 3.01. The van der Waals surface area contributed by atoms with Crippen molar-refractivity contribution in [2.75, 3.05) is 0 Å². The van der Waals surface area contributed by atoms with Gasteiger partial charge in [-0.15, -0.1) is 0 Å². The minimum Gasteiger partial charge on any atom is -0.289 e. The highest BCUT2D eigenvalue weighted by molar-refractivity contribution is 6.22. The third-order valence-corrected chi connectivity index (χ3v) is 6.74. The Morgan fingerprint density at radius 1 is 1.00 bits per heavy atom. The lowest BCUT2D eigenvalue weighted by Gasteiger charge is -2.54. The smallest absolute Gasteiger partial charge is 0.187 e. The molecule has 0 amide bonds. The van der Waals surface area contributed by atoms with Crippen molar-refractivity contribution in [1.29, 1.82) is 0 Å². The summed E-state index contributed by atoms with van der Waals surface area (Å²) in [6.07, 6.45) is 8.62. The summed E-state index contributed by atoms with van der Waals surface area (Å²) in [6.45, 7) is 7.18. The van der Waals surface area contributed by atoms with Crippen LogP contribution in [0, 0.1) is 11.3 Å². The van der Waals surface area contributed by atoms with Gasteiger partial charge in [0, 0.05) is 11.1 Å². The Bertz CT molecular complexity index is 753. The van der Waals surface area contributed by atoms with Crippen LogP contribution in [0.3, 0.4) is 0 Å². The van der Waals surface area contributed by atoms with Crippen LogP contribution in [0.2, 0.25) is 0 Å². The first-order valence-electron chi connectivity index (χ1n) is 8.78. The molecular weight excluding hydrogens is 284 g/mol. The lowest BCUT2D eigenvalue weighted by Crippen LogP contribution is -2.48. The topological polar surface area (TPSA) is 34.1 Å². The molecule has 120 valence electrons. The lowest BCUT2D eigenvalue weighted by atomic mass is 9.50. The van der Waals surface area contributed by atoms with E-state index in [0.717, 1.165) is 18.4 Å². The first kappa shape index (κ1) is 14.9. The number of fused-ring (bicyclic) bond motifs is 5. The summed E-state index contributed by atoms with van der Waals surface area (Å²) in [5.41, 5.74) is 4.26. The molecule has 0 saturated heterocycles. The molecule has 1 aromatic carbocycles. The fraction of sp³-hybridized carbons (Fsp3) is 0.524. The van der Waals surface area contributed by atoms with E-state index < -0.39 is 0 Å². The molecule has 0 spiro atoms. The normalized spacial score (nSPS) is 31.3. The highest BCUT2D eigenvalue weighted by Crippen LogP contribution is 2.57. The van der Waals surface area contributed by atoms with Crippen LogP contribution in [0.1, 0.15) is 78.3 Å². The molecule has 1 aromatic rings. The molecule has 0 aromatic heterocycles. The summed E-state index contributed by atoms with van der Waals surface area (Å²) >= 11 is 0. The van der Waals surface area contributed by atoms with Crippen LogP contribution in [-0.4, -0.2) is 11.6 Å². The van der Waals surface area contributed by atoms with Gasteiger partial charge in [0.05, 0.1) is 0 Å². The minimum absolute atomic E-state index is 0.00793. The molecular formula is C21H24O2. The fourth-order valence-corrected chi connectivity index (χ4v) is 5.70. The number of rotatable bonds is 0. The van der Waals surface area contributed by atoms with Crippen LogP contribution in [0.4, 0.5) is 0 Å². The van der Waals surface area contributed by atoms with Crippen LogP contribution in [-0.2, 0) is 11.8 Å². The number of carbonyl (C=O) groups is 2. The predicted octanol–water partition coefficient (Wildman–Crippen LogP) is 4.65. The molecule has 0 bridgehead atoms. The van der Waals surface area contributed by atoms with Crippen molar-refractivity contribution in [2.24, 2.45) is 11.3 Å².